The molecule has 28 heavy (non-hydrogen) atoms. The minimum absolute atomic E-state index is 0.115. The number of carbonyl (C=O) groups excluding carboxylic acids is 2. The highest BCUT2D eigenvalue weighted by Gasteiger charge is 2.22. The number of anilines is 1. The smallest absolute Gasteiger partial charge is 0.250 e. The molecule has 0 aromatic heterocycles. The lowest BCUT2D eigenvalue weighted by atomic mass is 9.96. The number of nitrogens with one attached hydrogen (secondary N) is 1. The number of amides is 2. The summed E-state index contributed by atoms with van der Waals surface area (Å²) >= 11 is 0. The van der Waals surface area contributed by atoms with Crippen molar-refractivity contribution in [1.82, 2.24) is 4.90 Å². The van der Waals surface area contributed by atoms with E-state index in [9.17, 15) is 9.59 Å². The first kappa shape index (κ1) is 19.9. The number of carbonyl (C=O) groups is 2. The zero-order valence-electron chi connectivity index (χ0n) is 16.9. The Hall–Kier alpha value is -2.82. The summed E-state index contributed by atoms with van der Waals surface area (Å²) in [5, 5.41) is 3.45. The average molecular weight is 380 g/mol. The van der Waals surface area contributed by atoms with Crippen molar-refractivity contribution in [3.8, 4) is 11.1 Å². The van der Waals surface area contributed by atoms with Crippen molar-refractivity contribution in [1.29, 1.82) is 0 Å². The third-order valence-corrected chi connectivity index (χ3v) is 5.50. The lowest BCUT2D eigenvalue weighted by Gasteiger charge is -2.32. The van der Waals surface area contributed by atoms with E-state index in [1.54, 1.807) is 6.92 Å². The van der Waals surface area contributed by atoms with E-state index in [2.05, 4.69) is 43.4 Å². The first-order valence-corrected chi connectivity index (χ1v) is 9.91. The van der Waals surface area contributed by atoms with E-state index in [1.165, 1.54) is 5.56 Å². The van der Waals surface area contributed by atoms with Crippen LogP contribution in [-0.4, -0.2) is 35.8 Å². The number of hydrogen-bond acceptors (Lipinski definition) is 3. The highest BCUT2D eigenvalue weighted by atomic mass is 16.2. The summed E-state index contributed by atoms with van der Waals surface area (Å²) in [6.07, 6.45) is 1.71. The summed E-state index contributed by atoms with van der Waals surface area (Å²) in [6, 6.07) is 14.5. The van der Waals surface area contributed by atoms with Crippen LogP contribution in [0.1, 0.15) is 55.5 Å². The molecule has 1 heterocycles. The monoisotopic (exact) mass is 379 g/mol. The van der Waals surface area contributed by atoms with Crippen LogP contribution in [0.5, 0.6) is 0 Å². The van der Waals surface area contributed by atoms with Crippen LogP contribution in [-0.2, 0) is 4.79 Å². The molecule has 5 heteroatoms. The Morgan fingerprint density at radius 1 is 1.04 bits per heavy atom. The van der Waals surface area contributed by atoms with E-state index in [0.29, 0.717) is 11.5 Å². The number of benzene rings is 2. The molecule has 0 atom stereocenters. The van der Waals surface area contributed by atoms with Crippen molar-refractivity contribution in [2.45, 2.75) is 45.6 Å². The molecule has 148 valence electrons. The fourth-order valence-electron chi connectivity index (χ4n) is 3.67. The maximum atomic E-state index is 12.1. The molecule has 2 aromatic rings. The number of likely N-dealkylation sites (tertiary alicyclic amines) is 1. The molecule has 5 nitrogen and oxygen atoms in total. The van der Waals surface area contributed by atoms with Gasteiger partial charge in [-0.1, -0.05) is 44.2 Å². The molecule has 0 aliphatic carbocycles. The minimum Gasteiger partial charge on any atom is -0.382 e. The van der Waals surface area contributed by atoms with Gasteiger partial charge in [-0.25, -0.2) is 0 Å². The van der Waals surface area contributed by atoms with Gasteiger partial charge in [0.25, 0.3) is 5.91 Å². The number of nitrogens with zero attached hydrogens (tertiary/aromatic N) is 1. The van der Waals surface area contributed by atoms with Crippen LogP contribution < -0.4 is 11.1 Å². The van der Waals surface area contributed by atoms with Crippen LogP contribution in [0.3, 0.4) is 0 Å². The van der Waals surface area contributed by atoms with Gasteiger partial charge in [-0.3, -0.25) is 9.59 Å². The summed E-state index contributed by atoms with van der Waals surface area (Å²) in [7, 11) is 0. The number of primary amides is 1. The standard InChI is InChI=1S/C23H29N3O2/c1-15(2)17-4-6-18(7-5-17)19-8-9-22(21(14-19)23(24)28)25-20-10-12-26(13-11-20)16(3)27/h4-9,14-15,20,25H,10-13H2,1-3H3,(H2,24,28). The van der Waals surface area contributed by atoms with Gasteiger partial charge in [0.2, 0.25) is 5.91 Å². The normalized spacial score (nSPS) is 14.9. The number of piperidine rings is 1. The zero-order valence-corrected chi connectivity index (χ0v) is 16.9. The Labute approximate surface area is 166 Å². The molecule has 1 fully saturated rings. The molecule has 0 saturated carbocycles. The fourth-order valence-corrected chi connectivity index (χ4v) is 3.67. The molecular weight excluding hydrogens is 350 g/mol. The number of hydrogen-bond donors (Lipinski definition) is 2. The summed E-state index contributed by atoms with van der Waals surface area (Å²) in [6.45, 7) is 7.41. The van der Waals surface area contributed by atoms with Crippen molar-refractivity contribution in [2.75, 3.05) is 18.4 Å². The predicted octanol–water partition coefficient (Wildman–Crippen LogP) is 4.00. The van der Waals surface area contributed by atoms with Gasteiger partial charge in [0.1, 0.15) is 0 Å². The molecule has 0 bridgehead atoms. The highest BCUT2D eigenvalue weighted by Crippen LogP contribution is 2.28. The van der Waals surface area contributed by atoms with Crippen LogP contribution in [0.25, 0.3) is 11.1 Å². The third kappa shape index (κ3) is 4.53. The third-order valence-electron chi connectivity index (χ3n) is 5.50. The van der Waals surface area contributed by atoms with Gasteiger partial charge < -0.3 is 16.0 Å². The maximum absolute atomic E-state index is 12.1. The van der Waals surface area contributed by atoms with Gasteiger partial charge in [0.15, 0.2) is 0 Å². The van der Waals surface area contributed by atoms with Gasteiger partial charge in [-0.05, 0) is 47.6 Å². The van der Waals surface area contributed by atoms with Crippen LogP contribution in [0.2, 0.25) is 0 Å². The van der Waals surface area contributed by atoms with Crippen molar-refractivity contribution in [3.05, 3.63) is 53.6 Å². The van der Waals surface area contributed by atoms with Crippen molar-refractivity contribution < 1.29 is 9.59 Å². The van der Waals surface area contributed by atoms with E-state index in [0.717, 1.165) is 42.7 Å². The van der Waals surface area contributed by atoms with Crippen molar-refractivity contribution in [2.24, 2.45) is 5.73 Å². The van der Waals surface area contributed by atoms with Gasteiger partial charge in [0, 0.05) is 31.7 Å². The van der Waals surface area contributed by atoms with Gasteiger partial charge in [-0.2, -0.15) is 0 Å². The second-order valence-corrected chi connectivity index (χ2v) is 7.83. The Balaban J connectivity index is 1.78. The minimum atomic E-state index is -0.440. The molecule has 0 radical (unpaired) electrons. The molecule has 1 saturated heterocycles. The average Bonchev–Trinajstić information content (AvgIpc) is 2.68. The van der Waals surface area contributed by atoms with E-state index >= 15 is 0 Å². The molecule has 0 unspecified atom stereocenters. The number of rotatable bonds is 5. The second kappa shape index (κ2) is 8.46. The molecule has 2 amide bonds. The van der Waals surface area contributed by atoms with Crippen molar-refractivity contribution in [3.63, 3.8) is 0 Å². The van der Waals surface area contributed by atoms with Gasteiger partial charge in [0.05, 0.1) is 5.56 Å². The van der Waals surface area contributed by atoms with Crippen LogP contribution in [0, 0.1) is 0 Å². The quantitative estimate of drug-likeness (QED) is 0.824. The molecular formula is C23H29N3O2. The van der Waals surface area contributed by atoms with Crippen molar-refractivity contribution >= 4 is 17.5 Å². The molecule has 2 aromatic carbocycles. The second-order valence-electron chi connectivity index (χ2n) is 7.83. The summed E-state index contributed by atoms with van der Waals surface area (Å²) in [5.41, 5.74) is 10.2. The first-order valence-electron chi connectivity index (χ1n) is 9.91. The van der Waals surface area contributed by atoms with Crippen LogP contribution >= 0.6 is 0 Å². The molecule has 0 spiro atoms. The summed E-state index contributed by atoms with van der Waals surface area (Å²) < 4.78 is 0. The summed E-state index contributed by atoms with van der Waals surface area (Å²) in [5.74, 6) is 0.157. The topological polar surface area (TPSA) is 75.4 Å². The Morgan fingerprint density at radius 3 is 2.18 bits per heavy atom. The lowest BCUT2D eigenvalue weighted by Crippen LogP contribution is -2.41. The van der Waals surface area contributed by atoms with E-state index in [4.69, 9.17) is 5.73 Å². The highest BCUT2D eigenvalue weighted by molar-refractivity contribution is 6.00. The molecule has 1 aliphatic heterocycles. The predicted molar refractivity (Wildman–Crippen MR) is 113 cm³/mol. The summed E-state index contributed by atoms with van der Waals surface area (Å²) in [4.78, 5) is 25.4. The SMILES string of the molecule is CC(=O)N1CCC(Nc2ccc(-c3ccc(C(C)C)cc3)cc2C(N)=O)CC1. The molecule has 3 N–H and O–H groups in total. The van der Waals surface area contributed by atoms with Gasteiger partial charge >= 0.3 is 0 Å². The lowest BCUT2D eigenvalue weighted by molar-refractivity contribution is -0.129. The van der Waals surface area contributed by atoms with E-state index in [1.807, 2.05) is 23.1 Å². The van der Waals surface area contributed by atoms with E-state index in [-0.39, 0.29) is 11.9 Å². The Morgan fingerprint density at radius 2 is 1.64 bits per heavy atom. The maximum Gasteiger partial charge on any atom is 0.250 e. The molecule has 3 rings (SSSR count). The van der Waals surface area contributed by atoms with Crippen LogP contribution in [0.15, 0.2) is 42.5 Å². The van der Waals surface area contributed by atoms with E-state index < -0.39 is 5.91 Å². The Bertz CT molecular complexity index is 851. The zero-order chi connectivity index (χ0) is 20.3. The Kier molecular flexibility index (Phi) is 6.02. The first-order chi connectivity index (χ1) is 13.3. The molecule has 1 aliphatic rings. The largest absolute Gasteiger partial charge is 0.382 e. The number of nitrogens with two attached hydrogens (primary N) is 1. The fraction of sp³-hybridized carbons (Fsp3) is 0.391. The van der Waals surface area contributed by atoms with Crippen LogP contribution in [0.4, 0.5) is 5.69 Å². The van der Waals surface area contributed by atoms with Gasteiger partial charge in [-0.15, -0.1) is 0 Å².